The molecule has 1 saturated heterocycles. The molecule has 2 unspecified atom stereocenters. The Kier molecular flexibility index (Phi) is 4.99. The van der Waals surface area contributed by atoms with Crippen molar-refractivity contribution < 1.29 is 14.6 Å². The van der Waals surface area contributed by atoms with Gasteiger partial charge in [-0.25, -0.2) is 0 Å². The van der Waals surface area contributed by atoms with Crippen LogP contribution in [-0.2, 0) is 9.47 Å². The molecule has 1 aromatic carbocycles. The van der Waals surface area contributed by atoms with Gasteiger partial charge in [-0.15, -0.1) is 0 Å². The van der Waals surface area contributed by atoms with Crippen LogP contribution in [0.5, 0.6) is 5.75 Å². The second-order valence-corrected chi connectivity index (χ2v) is 4.50. The molecule has 4 nitrogen and oxygen atoms in total. The molecule has 0 radical (unpaired) electrons. The Morgan fingerprint density at radius 2 is 2.22 bits per heavy atom. The van der Waals surface area contributed by atoms with E-state index < -0.39 is 0 Å². The molecule has 0 aromatic heterocycles. The number of rotatable bonds is 5. The minimum Gasteiger partial charge on any atom is -0.508 e. The lowest BCUT2D eigenvalue weighted by molar-refractivity contribution is -0.0871. The van der Waals surface area contributed by atoms with E-state index in [4.69, 9.17) is 9.47 Å². The smallest absolute Gasteiger partial charge is 0.120 e. The van der Waals surface area contributed by atoms with Crippen molar-refractivity contribution in [3.05, 3.63) is 29.8 Å². The number of hydrogen-bond acceptors (Lipinski definition) is 4. The Labute approximate surface area is 108 Å². The van der Waals surface area contributed by atoms with Gasteiger partial charge in [-0.2, -0.15) is 0 Å². The van der Waals surface area contributed by atoms with E-state index in [2.05, 4.69) is 12.2 Å². The number of ether oxygens (including phenoxy) is 2. The predicted molar refractivity (Wildman–Crippen MR) is 69.7 cm³/mol. The fourth-order valence-electron chi connectivity index (χ4n) is 2.18. The van der Waals surface area contributed by atoms with Crippen molar-refractivity contribution in [2.75, 3.05) is 26.4 Å². The van der Waals surface area contributed by atoms with Gasteiger partial charge in [0.2, 0.25) is 0 Å². The highest BCUT2D eigenvalue weighted by Gasteiger charge is 2.18. The van der Waals surface area contributed by atoms with Crippen molar-refractivity contribution in [1.29, 1.82) is 0 Å². The van der Waals surface area contributed by atoms with Gasteiger partial charge in [0.1, 0.15) is 5.75 Å². The first-order valence-electron chi connectivity index (χ1n) is 6.52. The van der Waals surface area contributed by atoms with Crippen molar-refractivity contribution >= 4 is 0 Å². The van der Waals surface area contributed by atoms with Crippen LogP contribution in [0.15, 0.2) is 24.3 Å². The molecule has 1 aromatic rings. The Hall–Kier alpha value is -1.10. The summed E-state index contributed by atoms with van der Waals surface area (Å²) >= 11 is 0. The van der Waals surface area contributed by atoms with Crippen molar-refractivity contribution in [1.82, 2.24) is 5.32 Å². The lowest BCUT2D eigenvalue weighted by Gasteiger charge is -2.26. The summed E-state index contributed by atoms with van der Waals surface area (Å²) in [6.07, 6.45) is 1.03. The molecule has 1 fully saturated rings. The van der Waals surface area contributed by atoms with Crippen LogP contribution in [0.25, 0.3) is 0 Å². The maximum Gasteiger partial charge on any atom is 0.120 e. The minimum absolute atomic E-state index is 0.110. The first-order chi connectivity index (χ1) is 8.81. The first kappa shape index (κ1) is 13.3. The molecule has 2 N–H and O–H groups in total. The van der Waals surface area contributed by atoms with Crippen LogP contribution >= 0.6 is 0 Å². The number of phenolic OH excluding ortho intramolecular Hbond substituents is 1. The average Bonchev–Trinajstić information content (AvgIpc) is 2.42. The third kappa shape index (κ3) is 3.45. The van der Waals surface area contributed by atoms with E-state index >= 15 is 0 Å². The summed E-state index contributed by atoms with van der Waals surface area (Å²) in [6.45, 7) is 4.84. The van der Waals surface area contributed by atoms with Crippen LogP contribution in [0.2, 0.25) is 0 Å². The van der Waals surface area contributed by atoms with Crippen LogP contribution in [-0.4, -0.2) is 37.6 Å². The summed E-state index contributed by atoms with van der Waals surface area (Å²) < 4.78 is 11.0. The Balaban J connectivity index is 1.91. The fraction of sp³-hybridized carbons (Fsp3) is 0.571. The molecule has 2 rings (SSSR count). The summed E-state index contributed by atoms with van der Waals surface area (Å²) in [5.41, 5.74) is 0.941. The molecule has 1 aliphatic rings. The molecule has 0 spiro atoms. The second-order valence-electron chi connectivity index (χ2n) is 4.50. The number of aromatic hydroxyl groups is 1. The second kappa shape index (κ2) is 6.73. The fourth-order valence-corrected chi connectivity index (χ4v) is 2.18. The van der Waals surface area contributed by atoms with E-state index in [-0.39, 0.29) is 12.1 Å². The monoisotopic (exact) mass is 251 g/mol. The van der Waals surface area contributed by atoms with Crippen molar-refractivity contribution in [2.45, 2.75) is 25.5 Å². The van der Waals surface area contributed by atoms with Crippen LogP contribution in [0.1, 0.15) is 24.9 Å². The molecule has 0 bridgehead atoms. The number of hydrogen-bond donors (Lipinski definition) is 2. The molecule has 100 valence electrons. The van der Waals surface area contributed by atoms with Gasteiger partial charge >= 0.3 is 0 Å². The zero-order chi connectivity index (χ0) is 12.8. The normalized spacial score (nSPS) is 21.7. The molecular formula is C14H21NO3. The van der Waals surface area contributed by atoms with Crippen LogP contribution in [0.3, 0.4) is 0 Å². The summed E-state index contributed by atoms with van der Waals surface area (Å²) in [4.78, 5) is 0. The van der Waals surface area contributed by atoms with E-state index in [1.54, 1.807) is 6.07 Å². The molecule has 0 amide bonds. The number of phenols is 1. The van der Waals surface area contributed by atoms with E-state index in [1.165, 1.54) is 0 Å². The summed E-state index contributed by atoms with van der Waals surface area (Å²) in [6, 6.07) is 7.61. The average molecular weight is 251 g/mol. The zero-order valence-corrected chi connectivity index (χ0v) is 10.8. The van der Waals surface area contributed by atoms with Gasteiger partial charge in [0.25, 0.3) is 0 Å². The predicted octanol–water partition coefficient (Wildman–Crippen LogP) is 1.85. The van der Waals surface area contributed by atoms with E-state index in [0.717, 1.165) is 18.5 Å². The summed E-state index contributed by atoms with van der Waals surface area (Å²) in [5, 5.41) is 13.3. The highest BCUT2D eigenvalue weighted by Crippen LogP contribution is 2.25. The van der Waals surface area contributed by atoms with Gasteiger partial charge in [0, 0.05) is 18.2 Å². The van der Waals surface area contributed by atoms with E-state index in [0.29, 0.717) is 25.6 Å². The van der Waals surface area contributed by atoms with Crippen molar-refractivity contribution in [3.63, 3.8) is 0 Å². The van der Waals surface area contributed by atoms with E-state index in [1.807, 2.05) is 18.2 Å². The Morgan fingerprint density at radius 3 is 2.89 bits per heavy atom. The van der Waals surface area contributed by atoms with Gasteiger partial charge in [0.05, 0.1) is 25.9 Å². The Bertz CT molecular complexity index is 364. The lowest BCUT2D eigenvalue weighted by atomic mass is 10.0. The van der Waals surface area contributed by atoms with Crippen molar-refractivity contribution in [3.8, 4) is 5.75 Å². The SMILES string of the molecule is CCC(NCC1COCCO1)c1ccccc1O. The van der Waals surface area contributed by atoms with Crippen LogP contribution < -0.4 is 5.32 Å². The van der Waals surface area contributed by atoms with Gasteiger partial charge in [-0.05, 0) is 12.5 Å². The maximum atomic E-state index is 9.85. The molecule has 1 heterocycles. The molecular weight excluding hydrogens is 230 g/mol. The third-order valence-electron chi connectivity index (χ3n) is 3.20. The highest BCUT2D eigenvalue weighted by atomic mass is 16.6. The van der Waals surface area contributed by atoms with Gasteiger partial charge in [-0.1, -0.05) is 25.1 Å². The molecule has 4 heteroatoms. The topological polar surface area (TPSA) is 50.7 Å². The summed E-state index contributed by atoms with van der Waals surface area (Å²) in [7, 11) is 0. The lowest BCUT2D eigenvalue weighted by Crippen LogP contribution is -2.38. The zero-order valence-electron chi connectivity index (χ0n) is 10.8. The molecule has 1 aliphatic heterocycles. The molecule has 0 aliphatic carbocycles. The number of nitrogens with one attached hydrogen (secondary N) is 1. The molecule has 2 atom stereocenters. The van der Waals surface area contributed by atoms with Crippen LogP contribution in [0, 0.1) is 0 Å². The Morgan fingerprint density at radius 1 is 1.39 bits per heavy atom. The number of benzene rings is 1. The minimum atomic E-state index is 0.110. The van der Waals surface area contributed by atoms with Gasteiger partial charge in [0.15, 0.2) is 0 Å². The van der Waals surface area contributed by atoms with Gasteiger partial charge in [-0.3, -0.25) is 0 Å². The van der Waals surface area contributed by atoms with E-state index in [9.17, 15) is 5.11 Å². The van der Waals surface area contributed by atoms with Crippen LogP contribution in [0.4, 0.5) is 0 Å². The quantitative estimate of drug-likeness (QED) is 0.838. The van der Waals surface area contributed by atoms with Gasteiger partial charge < -0.3 is 19.9 Å². The third-order valence-corrected chi connectivity index (χ3v) is 3.20. The largest absolute Gasteiger partial charge is 0.508 e. The molecule has 0 saturated carbocycles. The standard InChI is InChI=1S/C14H21NO3/c1-2-13(12-5-3-4-6-14(12)16)15-9-11-10-17-7-8-18-11/h3-6,11,13,15-16H,2,7-10H2,1H3. The number of para-hydroxylation sites is 1. The maximum absolute atomic E-state index is 9.85. The van der Waals surface area contributed by atoms with Crippen molar-refractivity contribution in [2.24, 2.45) is 0 Å². The summed E-state index contributed by atoms with van der Waals surface area (Å²) in [5.74, 6) is 0.345. The first-order valence-corrected chi connectivity index (χ1v) is 6.52. The molecule has 18 heavy (non-hydrogen) atoms. The highest BCUT2D eigenvalue weighted by molar-refractivity contribution is 5.34.